The number of nitrogens with one attached hydrogen (secondary N) is 1. The number of amides is 2. The highest BCUT2D eigenvalue weighted by molar-refractivity contribution is 8.00. The number of benzene rings is 1. The molecule has 2 aliphatic rings. The van der Waals surface area contributed by atoms with Crippen LogP contribution in [0.4, 0.5) is 10.5 Å². The van der Waals surface area contributed by atoms with Gasteiger partial charge in [-0.05, 0) is 47.3 Å². The Balaban J connectivity index is 1.36. The van der Waals surface area contributed by atoms with E-state index < -0.39 is 26.3 Å². The van der Waals surface area contributed by atoms with Gasteiger partial charge in [-0.2, -0.15) is 0 Å². The van der Waals surface area contributed by atoms with E-state index in [1.54, 1.807) is 12.1 Å². The van der Waals surface area contributed by atoms with Gasteiger partial charge in [0.05, 0.1) is 17.9 Å². The summed E-state index contributed by atoms with van der Waals surface area (Å²) in [5.41, 5.74) is 2.09. The molecule has 44 heavy (non-hydrogen) atoms. The molecule has 1 fully saturated rings. The predicted molar refractivity (Wildman–Crippen MR) is 176 cm³/mol. The van der Waals surface area contributed by atoms with Crippen LogP contribution < -0.4 is 5.32 Å². The van der Waals surface area contributed by atoms with Crippen molar-refractivity contribution in [1.29, 1.82) is 0 Å². The van der Waals surface area contributed by atoms with Gasteiger partial charge in [-0.25, -0.2) is 9.59 Å². The average Bonchev–Trinajstić information content (AvgIpc) is 3.49. The smallest absolute Gasteiger partial charge is 0.411 e. The number of ketones is 1. The number of hydrogen-bond donors (Lipinski definition) is 1. The first-order valence-corrected chi connectivity index (χ1v) is 19.3. The highest BCUT2D eigenvalue weighted by Crippen LogP contribution is 2.45. The number of Topliss-reactive ketones (excluding diaryl/α,β-unsaturated/α-hetero) is 1. The molecule has 0 bridgehead atoms. The lowest BCUT2D eigenvalue weighted by Crippen LogP contribution is -2.62. The van der Waals surface area contributed by atoms with Crippen LogP contribution in [0.1, 0.15) is 37.6 Å². The third-order valence-corrected chi connectivity index (χ3v) is 14.8. The van der Waals surface area contributed by atoms with Gasteiger partial charge < -0.3 is 13.9 Å². The van der Waals surface area contributed by atoms with Crippen molar-refractivity contribution in [1.82, 2.24) is 4.90 Å². The number of thioether (sulfide) groups is 1. The van der Waals surface area contributed by atoms with Crippen LogP contribution in [0.5, 0.6) is 0 Å². The second kappa shape index (κ2) is 14.3. The summed E-state index contributed by atoms with van der Waals surface area (Å²) in [6, 6.07) is 11.1. The van der Waals surface area contributed by atoms with Crippen LogP contribution in [0.25, 0.3) is 0 Å². The van der Waals surface area contributed by atoms with Gasteiger partial charge >= 0.3 is 12.1 Å². The van der Waals surface area contributed by atoms with Crippen LogP contribution in [-0.2, 0) is 41.3 Å². The normalized spacial score (nSPS) is 18.3. The molecule has 2 atom stereocenters. The zero-order chi connectivity index (χ0) is 32.1. The zero-order valence-corrected chi connectivity index (χ0v) is 28.5. The number of esters is 1. The maximum Gasteiger partial charge on any atom is 0.411 e. The summed E-state index contributed by atoms with van der Waals surface area (Å²) in [6.07, 6.45) is 1.13. The first-order chi connectivity index (χ1) is 20.8. The predicted octanol–water partition coefficient (Wildman–Crippen LogP) is 6.53. The lowest BCUT2D eigenvalue weighted by Gasteiger charge is -2.49. The van der Waals surface area contributed by atoms with E-state index in [1.807, 2.05) is 29.6 Å². The molecule has 0 unspecified atom stereocenters. The molecule has 2 aromatic rings. The van der Waals surface area contributed by atoms with E-state index in [9.17, 15) is 19.2 Å². The average molecular weight is 657 g/mol. The molecule has 3 heterocycles. The van der Waals surface area contributed by atoms with Crippen molar-refractivity contribution in [3.05, 3.63) is 76.1 Å². The summed E-state index contributed by atoms with van der Waals surface area (Å²) >= 11 is 2.94. The number of anilines is 1. The Labute approximate surface area is 268 Å². The fourth-order valence-corrected chi connectivity index (χ4v) is 7.61. The second-order valence-corrected chi connectivity index (χ2v) is 19.2. The molecule has 2 amide bonds. The summed E-state index contributed by atoms with van der Waals surface area (Å²) in [5, 5.41) is 4.36. The summed E-state index contributed by atoms with van der Waals surface area (Å²) in [6.45, 7) is 14.8. The van der Waals surface area contributed by atoms with Crippen LogP contribution in [0, 0.1) is 5.92 Å². The molecule has 1 aromatic carbocycles. The molecular weight excluding hydrogens is 617 g/mol. The number of carbonyl (C=O) groups excluding carboxylic acids is 4. The molecule has 4 rings (SSSR count). The Hall–Kier alpha value is -3.19. The van der Waals surface area contributed by atoms with E-state index in [4.69, 9.17) is 13.9 Å². The maximum atomic E-state index is 13.2. The van der Waals surface area contributed by atoms with Crippen molar-refractivity contribution in [2.24, 2.45) is 5.92 Å². The molecule has 1 aromatic heterocycles. The summed E-state index contributed by atoms with van der Waals surface area (Å²) in [5.74, 6) is -1.20. The molecule has 0 saturated carbocycles. The first-order valence-electron chi connectivity index (χ1n) is 14.5. The number of ether oxygens (including phenoxy) is 2. The molecule has 236 valence electrons. The molecular formula is C32H40N2O7S2Si. The molecule has 1 saturated heterocycles. The van der Waals surface area contributed by atoms with E-state index in [0.29, 0.717) is 23.6 Å². The number of nitrogens with zero attached hydrogens (tertiary/aromatic N) is 1. The van der Waals surface area contributed by atoms with Crippen molar-refractivity contribution >= 4 is 60.9 Å². The minimum atomic E-state index is -1.88. The topological polar surface area (TPSA) is 111 Å². The Kier molecular flexibility index (Phi) is 10.9. The Morgan fingerprint density at radius 3 is 2.48 bits per heavy atom. The van der Waals surface area contributed by atoms with Crippen LogP contribution in [0.3, 0.4) is 0 Å². The number of thiophene rings is 1. The van der Waals surface area contributed by atoms with E-state index in [1.165, 1.54) is 34.1 Å². The number of rotatable bonds is 13. The largest absolute Gasteiger partial charge is 0.457 e. The van der Waals surface area contributed by atoms with Gasteiger partial charge in [0.15, 0.2) is 8.32 Å². The molecule has 0 radical (unpaired) electrons. The third kappa shape index (κ3) is 8.09. The Morgan fingerprint density at radius 1 is 1.11 bits per heavy atom. The summed E-state index contributed by atoms with van der Waals surface area (Å²) in [7, 11) is -1.88. The number of hydrogen-bond acceptors (Lipinski definition) is 9. The highest BCUT2D eigenvalue weighted by Gasteiger charge is 2.54. The van der Waals surface area contributed by atoms with E-state index in [2.05, 4.69) is 45.8 Å². The number of β-lactam (4-membered cyclic amide) rings is 1. The number of fused-ring (bicyclic) bond motifs is 1. The molecule has 1 N–H and O–H groups in total. The van der Waals surface area contributed by atoms with E-state index in [0.717, 1.165) is 10.4 Å². The SMILES string of the molecule is C=CCOC(=O)C1=C(COC(=O)Nc2ccc(CO[Si](C)(C)C(C)(C)C)cc2)CS[C@@H]2[C@H](CC(=O)Cc3cccs3)C(=O)N12. The van der Waals surface area contributed by atoms with Gasteiger partial charge in [-0.15, -0.1) is 23.1 Å². The molecule has 0 spiro atoms. The minimum Gasteiger partial charge on any atom is -0.457 e. The maximum absolute atomic E-state index is 13.2. The second-order valence-electron chi connectivity index (χ2n) is 12.3. The van der Waals surface area contributed by atoms with Crippen LogP contribution in [0.2, 0.25) is 18.1 Å². The van der Waals surface area contributed by atoms with E-state index in [-0.39, 0.29) is 53.9 Å². The monoisotopic (exact) mass is 656 g/mol. The van der Waals surface area contributed by atoms with Gasteiger partial charge in [0, 0.05) is 34.7 Å². The minimum absolute atomic E-state index is 0.0206. The van der Waals surface area contributed by atoms with Gasteiger partial charge in [-0.1, -0.05) is 51.6 Å². The Bertz CT molecular complexity index is 1410. The molecule has 9 nitrogen and oxygen atoms in total. The molecule has 12 heteroatoms. The van der Waals surface area contributed by atoms with Crippen molar-refractivity contribution in [2.75, 3.05) is 24.3 Å². The first kappa shape index (κ1) is 33.7. The highest BCUT2D eigenvalue weighted by atomic mass is 32.2. The standard InChI is InChI=1S/C32H40N2O7S2Si/c1-7-14-39-30(37)27-22(20-43-29-26(28(36)34(27)29)17-24(35)16-25-9-8-15-42-25)19-40-31(38)33-23-12-10-21(11-13-23)18-41-44(5,6)32(2,3)4/h7-13,15,26,29H,1,14,16-20H2,2-6H3,(H,33,38)/t26-,29-/m1/s1. The molecule has 0 aliphatic carbocycles. The van der Waals surface area contributed by atoms with E-state index >= 15 is 0 Å². The molecule has 2 aliphatic heterocycles. The van der Waals surface area contributed by atoms with Crippen LogP contribution in [0.15, 0.2) is 65.7 Å². The van der Waals surface area contributed by atoms with Crippen molar-refractivity contribution < 1.29 is 33.1 Å². The quantitative estimate of drug-likeness (QED) is 0.112. The van der Waals surface area contributed by atoms with Crippen LogP contribution >= 0.6 is 23.1 Å². The summed E-state index contributed by atoms with van der Waals surface area (Å²) in [4.78, 5) is 53.9. The van der Waals surface area contributed by atoms with Gasteiger partial charge in [-0.3, -0.25) is 19.8 Å². The number of carbonyl (C=O) groups is 4. The van der Waals surface area contributed by atoms with Crippen molar-refractivity contribution in [3.8, 4) is 0 Å². The van der Waals surface area contributed by atoms with Crippen molar-refractivity contribution in [2.45, 2.75) is 63.7 Å². The van der Waals surface area contributed by atoms with Gasteiger partial charge in [0.25, 0.3) is 0 Å². The van der Waals surface area contributed by atoms with Gasteiger partial charge in [0.2, 0.25) is 5.91 Å². The fourth-order valence-electron chi connectivity index (χ4n) is 4.52. The third-order valence-electron chi connectivity index (χ3n) is 8.07. The summed E-state index contributed by atoms with van der Waals surface area (Å²) < 4.78 is 17.0. The zero-order valence-electron chi connectivity index (χ0n) is 25.8. The fraction of sp³-hybridized carbons (Fsp3) is 0.438. The Morgan fingerprint density at radius 2 is 1.84 bits per heavy atom. The lowest BCUT2D eigenvalue weighted by atomic mass is 9.89. The lowest BCUT2D eigenvalue weighted by molar-refractivity contribution is -0.155. The van der Waals surface area contributed by atoms with Crippen LogP contribution in [-0.4, -0.2) is 61.3 Å². The van der Waals surface area contributed by atoms with Gasteiger partial charge in [0.1, 0.15) is 24.7 Å². The van der Waals surface area contributed by atoms with Crippen molar-refractivity contribution in [3.63, 3.8) is 0 Å².